The van der Waals surface area contributed by atoms with Gasteiger partial charge in [-0.05, 0) is 24.6 Å². The van der Waals surface area contributed by atoms with Crippen LogP contribution in [0.3, 0.4) is 0 Å². The molecule has 1 aliphatic rings. The summed E-state index contributed by atoms with van der Waals surface area (Å²) in [6.07, 6.45) is 0. The van der Waals surface area contributed by atoms with Crippen LogP contribution in [0.4, 0.5) is 5.69 Å². The van der Waals surface area contributed by atoms with Crippen LogP contribution in [0, 0.1) is 17.0 Å². The Balaban J connectivity index is 1.50. The first-order valence-electron chi connectivity index (χ1n) is 9.33. The maximum atomic E-state index is 13.1. The molecule has 30 heavy (non-hydrogen) atoms. The Kier molecular flexibility index (Phi) is 5.18. The monoisotopic (exact) mass is 432 g/mol. The van der Waals surface area contributed by atoms with E-state index >= 15 is 0 Å². The fraction of sp³-hybridized carbons (Fsp3) is 0.316. The standard InChI is InChI=1S/C19H20N4O6S/c1-14-6-7-15(23(25)26)12-18(14)30(27,28)21-10-8-20(9-11-21)13-22-16-4-2-3-5-17(16)29-19(22)24/h2-7,12H,8-11,13H2,1H3. The third kappa shape index (κ3) is 3.62. The third-order valence-electron chi connectivity index (χ3n) is 5.25. The molecule has 2 heterocycles. The van der Waals surface area contributed by atoms with Crippen LogP contribution in [0.15, 0.2) is 56.6 Å². The van der Waals surface area contributed by atoms with Crippen molar-refractivity contribution in [1.82, 2.24) is 13.8 Å². The number of nitro groups is 1. The van der Waals surface area contributed by atoms with E-state index in [2.05, 4.69) is 0 Å². The van der Waals surface area contributed by atoms with E-state index in [1.807, 2.05) is 11.0 Å². The quantitative estimate of drug-likeness (QED) is 0.445. The van der Waals surface area contributed by atoms with Gasteiger partial charge in [-0.1, -0.05) is 18.2 Å². The van der Waals surface area contributed by atoms with E-state index in [4.69, 9.17) is 4.42 Å². The maximum absolute atomic E-state index is 13.1. The van der Waals surface area contributed by atoms with E-state index in [0.717, 1.165) is 6.07 Å². The molecular formula is C19H20N4O6S. The van der Waals surface area contributed by atoms with Gasteiger partial charge in [0.25, 0.3) is 5.69 Å². The lowest BCUT2D eigenvalue weighted by atomic mass is 10.2. The molecule has 1 saturated heterocycles. The summed E-state index contributed by atoms with van der Waals surface area (Å²) in [6.45, 7) is 3.17. The number of non-ortho nitro benzene ring substituents is 1. The number of sulfonamides is 1. The number of oxazole rings is 1. The molecule has 0 bridgehead atoms. The zero-order valence-corrected chi connectivity index (χ0v) is 17.0. The highest BCUT2D eigenvalue weighted by Gasteiger charge is 2.31. The SMILES string of the molecule is Cc1ccc([N+](=O)[O-])cc1S(=O)(=O)N1CCN(Cn2c(=O)oc3ccccc32)CC1. The van der Waals surface area contributed by atoms with Gasteiger partial charge in [-0.15, -0.1) is 0 Å². The molecule has 3 aromatic rings. The summed E-state index contributed by atoms with van der Waals surface area (Å²) < 4.78 is 34.2. The van der Waals surface area contributed by atoms with Crippen molar-refractivity contribution < 1.29 is 17.8 Å². The van der Waals surface area contributed by atoms with Gasteiger partial charge in [-0.2, -0.15) is 4.31 Å². The van der Waals surface area contributed by atoms with Gasteiger partial charge in [0.15, 0.2) is 5.58 Å². The third-order valence-corrected chi connectivity index (χ3v) is 7.29. The Morgan fingerprint density at radius 2 is 1.80 bits per heavy atom. The predicted octanol–water partition coefficient (Wildman–Crippen LogP) is 1.78. The second-order valence-corrected chi connectivity index (χ2v) is 9.04. The molecule has 0 atom stereocenters. The van der Waals surface area contributed by atoms with Crippen molar-refractivity contribution in [1.29, 1.82) is 0 Å². The summed E-state index contributed by atoms with van der Waals surface area (Å²) in [5.41, 5.74) is 1.39. The zero-order chi connectivity index (χ0) is 21.5. The number of hydrogen-bond acceptors (Lipinski definition) is 7. The predicted molar refractivity (Wildman–Crippen MR) is 109 cm³/mol. The van der Waals surface area contributed by atoms with Gasteiger partial charge < -0.3 is 4.42 Å². The Bertz CT molecular complexity index is 1270. The number of benzene rings is 2. The summed E-state index contributed by atoms with van der Waals surface area (Å²) in [6, 6.07) is 11.0. The maximum Gasteiger partial charge on any atom is 0.421 e. The first-order valence-corrected chi connectivity index (χ1v) is 10.8. The number of para-hydroxylation sites is 2. The van der Waals surface area contributed by atoms with Gasteiger partial charge in [0.2, 0.25) is 10.0 Å². The second kappa shape index (κ2) is 7.67. The first kappa shape index (κ1) is 20.3. The molecular weight excluding hydrogens is 412 g/mol. The first-order chi connectivity index (χ1) is 14.3. The molecule has 0 aliphatic carbocycles. The summed E-state index contributed by atoms with van der Waals surface area (Å²) >= 11 is 0. The molecule has 0 N–H and O–H groups in total. The normalized spacial score (nSPS) is 16.2. The molecule has 4 rings (SSSR count). The molecule has 1 aliphatic heterocycles. The Morgan fingerprint density at radius 1 is 1.10 bits per heavy atom. The van der Waals surface area contributed by atoms with Gasteiger partial charge in [-0.25, -0.2) is 13.2 Å². The average molecular weight is 432 g/mol. The number of aromatic nitrogens is 1. The van der Waals surface area contributed by atoms with E-state index in [1.165, 1.54) is 21.0 Å². The lowest BCUT2D eigenvalue weighted by molar-refractivity contribution is -0.385. The number of nitrogens with zero attached hydrogens (tertiary/aromatic N) is 4. The minimum Gasteiger partial charge on any atom is -0.408 e. The molecule has 0 spiro atoms. The Labute approximate surface area is 172 Å². The second-order valence-electron chi connectivity index (χ2n) is 7.13. The van der Waals surface area contributed by atoms with Crippen LogP contribution in [0.25, 0.3) is 11.1 Å². The topological polar surface area (TPSA) is 119 Å². The van der Waals surface area contributed by atoms with Crippen molar-refractivity contribution in [2.75, 3.05) is 26.2 Å². The zero-order valence-electron chi connectivity index (χ0n) is 16.2. The van der Waals surface area contributed by atoms with E-state index in [9.17, 15) is 23.3 Å². The van der Waals surface area contributed by atoms with Crippen LogP contribution in [-0.4, -0.2) is 53.3 Å². The van der Waals surface area contributed by atoms with E-state index in [-0.39, 0.29) is 23.7 Å². The fourth-order valence-electron chi connectivity index (χ4n) is 3.58. The Morgan fingerprint density at radius 3 is 2.50 bits per heavy atom. The summed E-state index contributed by atoms with van der Waals surface area (Å²) in [5, 5.41) is 11.0. The van der Waals surface area contributed by atoms with Gasteiger partial charge >= 0.3 is 5.76 Å². The van der Waals surface area contributed by atoms with Crippen molar-refractivity contribution in [3.63, 3.8) is 0 Å². The Hall–Kier alpha value is -3.02. The molecule has 0 unspecified atom stereocenters. The minimum atomic E-state index is -3.86. The average Bonchev–Trinajstić information content (AvgIpc) is 3.03. The molecule has 2 aromatic carbocycles. The van der Waals surface area contributed by atoms with Crippen LogP contribution in [0.5, 0.6) is 0 Å². The van der Waals surface area contributed by atoms with Gasteiger partial charge in [0.1, 0.15) is 0 Å². The highest BCUT2D eigenvalue weighted by atomic mass is 32.2. The number of hydrogen-bond donors (Lipinski definition) is 0. The van der Waals surface area contributed by atoms with E-state index in [0.29, 0.717) is 36.4 Å². The summed E-state index contributed by atoms with van der Waals surface area (Å²) in [5.74, 6) is -0.460. The highest BCUT2D eigenvalue weighted by Crippen LogP contribution is 2.25. The highest BCUT2D eigenvalue weighted by molar-refractivity contribution is 7.89. The number of piperazine rings is 1. The molecule has 0 saturated carbocycles. The van der Waals surface area contributed by atoms with Crippen LogP contribution in [0.2, 0.25) is 0 Å². The van der Waals surface area contributed by atoms with Crippen molar-refractivity contribution in [3.8, 4) is 0 Å². The fourth-order valence-corrected chi connectivity index (χ4v) is 5.25. The van der Waals surface area contributed by atoms with Crippen molar-refractivity contribution >= 4 is 26.8 Å². The molecule has 1 aromatic heterocycles. The van der Waals surface area contributed by atoms with Gasteiger partial charge in [0.05, 0.1) is 22.0 Å². The number of rotatable bonds is 5. The number of nitro benzene ring substituents is 1. The van der Waals surface area contributed by atoms with Crippen molar-refractivity contribution in [3.05, 3.63) is 68.7 Å². The number of aryl methyl sites for hydroxylation is 1. The summed E-state index contributed by atoms with van der Waals surface area (Å²) in [7, 11) is -3.86. The number of fused-ring (bicyclic) bond motifs is 1. The van der Waals surface area contributed by atoms with Crippen LogP contribution in [0.1, 0.15) is 5.56 Å². The molecule has 0 amide bonds. The molecule has 158 valence electrons. The molecule has 0 radical (unpaired) electrons. The van der Waals surface area contributed by atoms with E-state index < -0.39 is 20.7 Å². The van der Waals surface area contributed by atoms with Crippen LogP contribution in [-0.2, 0) is 16.7 Å². The largest absolute Gasteiger partial charge is 0.421 e. The van der Waals surface area contributed by atoms with Gasteiger partial charge in [-0.3, -0.25) is 19.6 Å². The smallest absolute Gasteiger partial charge is 0.408 e. The van der Waals surface area contributed by atoms with E-state index in [1.54, 1.807) is 25.1 Å². The van der Waals surface area contributed by atoms with Crippen LogP contribution >= 0.6 is 0 Å². The molecule has 11 heteroatoms. The van der Waals surface area contributed by atoms with Crippen molar-refractivity contribution in [2.24, 2.45) is 0 Å². The lowest BCUT2D eigenvalue weighted by Crippen LogP contribution is -2.49. The van der Waals surface area contributed by atoms with Crippen molar-refractivity contribution in [2.45, 2.75) is 18.5 Å². The minimum absolute atomic E-state index is 0.0535. The molecule has 1 fully saturated rings. The van der Waals surface area contributed by atoms with Crippen LogP contribution < -0.4 is 5.76 Å². The summed E-state index contributed by atoms with van der Waals surface area (Å²) in [4.78, 5) is 24.5. The molecule has 10 nitrogen and oxygen atoms in total. The van der Waals surface area contributed by atoms with Gasteiger partial charge in [0, 0.05) is 38.3 Å². The lowest BCUT2D eigenvalue weighted by Gasteiger charge is -2.34.